The smallest absolute Gasteiger partial charge is 0.262 e. The van der Waals surface area contributed by atoms with Crippen molar-refractivity contribution >= 4 is 46.8 Å². The highest BCUT2D eigenvalue weighted by Crippen LogP contribution is 2.46. The van der Waals surface area contributed by atoms with Crippen LogP contribution in [0, 0.1) is 0 Å². The molecule has 1 aromatic heterocycles. The summed E-state index contributed by atoms with van der Waals surface area (Å²) >= 11 is 1.26. The number of benzene rings is 2. The highest BCUT2D eigenvalue weighted by atomic mass is 32.2. The average molecular weight is 616 g/mol. The normalized spacial score (nSPS) is 16.8. The second-order valence-electron chi connectivity index (χ2n) is 11.8. The van der Waals surface area contributed by atoms with Gasteiger partial charge in [-0.25, -0.2) is 4.31 Å². The van der Waals surface area contributed by atoms with Gasteiger partial charge in [-0.3, -0.25) is 19.1 Å². The maximum atomic E-state index is 14.0. The molecule has 0 spiro atoms. The fraction of sp³-hybridized carbons (Fsp3) is 0.457. The first-order chi connectivity index (χ1) is 21.3. The van der Waals surface area contributed by atoms with E-state index in [2.05, 4.69) is 39.6 Å². The van der Waals surface area contributed by atoms with Crippen LogP contribution in [0.15, 0.2) is 48.0 Å². The minimum absolute atomic E-state index is 0.0122. The van der Waals surface area contributed by atoms with Crippen LogP contribution in [0.4, 0.5) is 0 Å². The minimum atomic E-state index is -0.144. The standard InChI is InChI=1S/C33H39N5O3S.C2H6/c1-22(39)36-15-17-37(18-16-36)33(41)26-19-24-11-7-8-12-27(24)31-30(23-9-5-4-6-10-23)28-14-13-25(20-29(28)38(31)21-26)32(40)34-42-35(2)3;1-2/h7-8,11-14,19-20,23H,4-6,9-10,15-18,21H2,1-3H3,(H,34,40);1-2H3. The zero-order valence-corrected chi connectivity index (χ0v) is 27.5. The third-order valence-electron chi connectivity index (χ3n) is 8.86. The van der Waals surface area contributed by atoms with Crippen LogP contribution in [0.25, 0.3) is 28.2 Å². The van der Waals surface area contributed by atoms with Crippen LogP contribution in [0.3, 0.4) is 0 Å². The van der Waals surface area contributed by atoms with Gasteiger partial charge >= 0.3 is 0 Å². The number of nitrogens with zero attached hydrogens (tertiary/aromatic N) is 4. The van der Waals surface area contributed by atoms with E-state index < -0.39 is 0 Å². The lowest BCUT2D eigenvalue weighted by Gasteiger charge is -2.34. The van der Waals surface area contributed by atoms with Crippen molar-refractivity contribution in [2.45, 2.75) is 65.3 Å². The molecule has 0 unspecified atom stereocenters. The number of aromatic nitrogens is 1. The number of carbonyl (C=O) groups excluding carboxylic acids is 3. The Balaban J connectivity index is 0.00000188. The van der Waals surface area contributed by atoms with E-state index >= 15 is 0 Å². The van der Waals surface area contributed by atoms with Crippen molar-refractivity contribution in [3.05, 3.63) is 64.7 Å². The van der Waals surface area contributed by atoms with E-state index in [1.165, 1.54) is 48.0 Å². The largest absolute Gasteiger partial charge is 0.339 e. The van der Waals surface area contributed by atoms with E-state index in [4.69, 9.17) is 0 Å². The Kier molecular flexibility index (Phi) is 10.2. The lowest BCUT2D eigenvalue weighted by Crippen LogP contribution is -2.50. The quantitative estimate of drug-likeness (QED) is 0.340. The monoisotopic (exact) mass is 615 g/mol. The van der Waals surface area contributed by atoms with Gasteiger partial charge in [-0.1, -0.05) is 63.4 Å². The number of piperazine rings is 1. The second-order valence-corrected chi connectivity index (χ2v) is 12.9. The number of fused-ring (bicyclic) bond motifs is 5. The Hall–Kier alpha value is -3.56. The lowest BCUT2D eigenvalue weighted by atomic mass is 9.81. The molecule has 9 heteroatoms. The van der Waals surface area contributed by atoms with E-state index in [1.54, 1.807) is 11.8 Å². The summed E-state index contributed by atoms with van der Waals surface area (Å²) < 4.78 is 7.05. The predicted octanol–water partition coefficient (Wildman–Crippen LogP) is 6.32. The molecule has 1 N–H and O–H groups in total. The first-order valence-corrected chi connectivity index (χ1v) is 16.7. The van der Waals surface area contributed by atoms with Gasteiger partial charge in [0.1, 0.15) is 0 Å². The lowest BCUT2D eigenvalue weighted by molar-refractivity contribution is -0.136. The molecular weight excluding hydrogens is 570 g/mol. The van der Waals surface area contributed by atoms with Gasteiger partial charge < -0.3 is 14.4 Å². The van der Waals surface area contributed by atoms with E-state index in [9.17, 15) is 14.4 Å². The number of rotatable bonds is 5. The van der Waals surface area contributed by atoms with E-state index in [-0.39, 0.29) is 17.7 Å². The van der Waals surface area contributed by atoms with Crippen molar-refractivity contribution < 1.29 is 14.4 Å². The Morgan fingerprint density at radius 2 is 1.59 bits per heavy atom. The maximum Gasteiger partial charge on any atom is 0.262 e. The molecule has 8 nitrogen and oxygen atoms in total. The van der Waals surface area contributed by atoms with Crippen molar-refractivity contribution in [1.29, 1.82) is 0 Å². The van der Waals surface area contributed by atoms with Crippen molar-refractivity contribution in [3.63, 3.8) is 0 Å². The molecule has 6 rings (SSSR count). The van der Waals surface area contributed by atoms with Crippen molar-refractivity contribution in [2.24, 2.45) is 0 Å². The fourth-order valence-electron chi connectivity index (χ4n) is 6.77. The topological polar surface area (TPSA) is 77.9 Å². The van der Waals surface area contributed by atoms with Gasteiger partial charge in [-0.05, 0) is 62.2 Å². The Morgan fingerprint density at radius 3 is 2.27 bits per heavy atom. The van der Waals surface area contributed by atoms with Crippen LogP contribution in [0.1, 0.15) is 80.3 Å². The minimum Gasteiger partial charge on any atom is -0.339 e. The number of nitrogens with one attached hydrogen (secondary N) is 1. The molecule has 1 aliphatic carbocycles. The van der Waals surface area contributed by atoms with Gasteiger partial charge in [0.05, 0.1) is 12.2 Å². The molecule has 0 atom stereocenters. The van der Waals surface area contributed by atoms with Crippen LogP contribution in [0.5, 0.6) is 0 Å². The molecule has 2 fully saturated rings. The van der Waals surface area contributed by atoms with E-state index in [1.807, 2.05) is 55.3 Å². The molecule has 2 aromatic carbocycles. The highest BCUT2D eigenvalue weighted by Gasteiger charge is 2.32. The van der Waals surface area contributed by atoms with Crippen molar-refractivity contribution in [3.8, 4) is 11.3 Å². The predicted molar refractivity (Wildman–Crippen MR) is 180 cm³/mol. The Labute approximate surface area is 265 Å². The second kappa shape index (κ2) is 14.0. The summed E-state index contributed by atoms with van der Waals surface area (Å²) in [5.74, 6) is 0.353. The number of amides is 3. The summed E-state index contributed by atoms with van der Waals surface area (Å²) in [5.41, 5.74) is 7.02. The number of carbonyl (C=O) groups is 3. The summed E-state index contributed by atoms with van der Waals surface area (Å²) in [7, 11) is 3.78. The SMILES string of the molecule is CC.CC(=O)N1CCN(C(=O)C2=Cc3ccccc3-c3c(C4CCCCC4)c4ccc(C(=O)NSN(C)C)cc4n3C2)CC1. The molecule has 3 heterocycles. The summed E-state index contributed by atoms with van der Waals surface area (Å²) in [6.07, 6.45) is 8.06. The molecule has 0 bridgehead atoms. The van der Waals surface area contributed by atoms with Gasteiger partial charge in [0.2, 0.25) is 5.91 Å². The molecule has 234 valence electrons. The van der Waals surface area contributed by atoms with Crippen molar-refractivity contribution in [2.75, 3.05) is 40.3 Å². The third-order valence-corrected chi connectivity index (χ3v) is 9.50. The molecular formula is C35H45N5O3S. The van der Waals surface area contributed by atoms with Crippen LogP contribution in [-0.4, -0.2) is 76.7 Å². The van der Waals surface area contributed by atoms with Gasteiger partial charge in [-0.15, -0.1) is 0 Å². The van der Waals surface area contributed by atoms with Crippen LogP contribution in [0.2, 0.25) is 0 Å². The molecule has 44 heavy (non-hydrogen) atoms. The van der Waals surface area contributed by atoms with Gasteiger partial charge in [-0.2, -0.15) is 0 Å². The zero-order chi connectivity index (χ0) is 31.4. The zero-order valence-electron chi connectivity index (χ0n) is 26.7. The Morgan fingerprint density at radius 1 is 0.909 bits per heavy atom. The number of hydrogen-bond acceptors (Lipinski definition) is 5. The molecule has 1 saturated heterocycles. The molecule has 1 saturated carbocycles. The first kappa shape index (κ1) is 31.9. The molecule has 2 aliphatic heterocycles. The van der Waals surface area contributed by atoms with Crippen LogP contribution < -0.4 is 4.72 Å². The van der Waals surface area contributed by atoms with Gasteiger partial charge in [0.15, 0.2) is 0 Å². The van der Waals surface area contributed by atoms with E-state index in [0.29, 0.717) is 44.2 Å². The maximum absolute atomic E-state index is 14.0. The summed E-state index contributed by atoms with van der Waals surface area (Å²) in [4.78, 5) is 42.7. The summed E-state index contributed by atoms with van der Waals surface area (Å²) in [6.45, 7) is 8.17. The van der Waals surface area contributed by atoms with Crippen LogP contribution >= 0.6 is 12.1 Å². The van der Waals surface area contributed by atoms with Gasteiger partial charge in [0, 0.05) is 72.8 Å². The first-order valence-electron chi connectivity index (χ1n) is 16.0. The van der Waals surface area contributed by atoms with E-state index in [0.717, 1.165) is 35.1 Å². The Bertz CT molecular complexity index is 1560. The summed E-state index contributed by atoms with van der Waals surface area (Å²) in [6, 6.07) is 14.4. The van der Waals surface area contributed by atoms with Gasteiger partial charge in [0.25, 0.3) is 11.8 Å². The molecule has 3 aliphatic rings. The molecule has 3 amide bonds. The highest BCUT2D eigenvalue weighted by molar-refractivity contribution is 7.95. The van der Waals surface area contributed by atoms with Crippen molar-refractivity contribution in [1.82, 2.24) is 23.4 Å². The average Bonchev–Trinajstić information content (AvgIpc) is 3.26. The fourth-order valence-corrected chi connectivity index (χ4v) is 7.15. The summed E-state index contributed by atoms with van der Waals surface area (Å²) in [5, 5.41) is 1.17. The van der Waals surface area contributed by atoms with Crippen LogP contribution in [-0.2, 0) is 16.1 Å². The number of hydrogen-bond donors (Lipinski definition) is 1. The molecule has 3 aromatic rings. The third kappa shape index (κ3) is 6.44. The molecule has 0 radical (unpaired) electrons.